The molecule has 0 aliphatic rings. The van der Waals surface area contributed by atoms with Crippen LogP contribution in [0.5, 0.6) is 5.75 Å². The number of rotatable bonds is 4. The van der Waals surface area contributed by atoms with Crippen molar-refractivity contribution < 1.29 is 14.3 Å². The minimum atomic E-state index is -0.355. The van der Waals surface area contributed by atoms with Gasteiger partial charge >= 0.3 is 5.97 Å². The second-order valence-electron chi connectivity index (χ2n) is 3.35. The van der Waals surface area contributed by atoms with Crippen LogP contribution in [0, 0.1) is 11.3 Å². The monoisotopic (exact) mass is 234 g/mol. The molecule has 17 heavy (non-hydrogen) atoms. The SMILES string of the molecule is COC(=O)Cc1ccc(C#N)c(OC)c1CN. The Kier molecular flexibility index (Phi) is 4.49. The van der Waals surface area contributed by atoms with Gasteiger partial charge in [0, 0.05) is 12.1 Å². The molecule has 0 aromatic heterocycles. The molecule has 1 aromatic rings. The first-order valence-corrected chi connectivity index (χ1v) is 5.03. The van der Waals surface area contributed by atoms with Gasteiger partial charge in [-0.05, 0) is 11.6 Å². The van der Waals surface area contributed by atoms with Crippen LogP contribution < -0.4 is 10.5 Å². The van der Waals surface area contributed by atoms with Gasteiger partial charge in [-0.2, -0.15) is 5.26 Å². The van der Waals surface area contributed by atoms with Crippen LogP contribution in [0.1, 0.15) is 16.7 Å². The topological polar surface area (TPSA) is 85.3 Å². The molecule has 0 spiro atoms. The number of nitrogens with two attached hydrogens (primary N) is 1. The lowest BCUT2D eigenvalue weighted by Crippen LogP contribution is -2.11. The van der Waals surface area contributed by atoms with Crippen LogP contribution in [-0.4, -0.2) is 20.2 Å². The van der Waals surface area contributed by atoms with E-state index in [4.69, 9.17) is 15.7 Å². The van der Waals surface area contributed by atoms with Crippen molar-refractivity contribution in [2.24, 2.45) is 5.73 Å². The Morgan fingerprint density at radius 1 is 1.47 bits per heavy atom. The maximum atomic E-state index is 11.2. The predicted octanol–water partition coefficient (Wildman–Crippen LogP) is 0.741. The molecule has 0 aliphatic carbocycles. The Bertz CT molecular complexity index is 464. The molecule has 0 radical (unpaired) electrons. The lowest BCUT2D eigenvalue weighted by atomic mass is 10.00. The summed E-state index contributed by atoms with van der Waals surface area (Å²) < 4.78 is 9.76. The molecule has 0 bridgehead atoms. The predicted molar refractivity (Wildman–Crippen MR) is 61.3 cm³/mol. The molecule has 0 fully saturated rings. The van der Waals surface area contributed by atoms with E-state index >= 15 is 0 Å². The van der Waals surface area contributed by atoms with Crippen molar-refractivity contribution in [1.29, 1.82) is 5.26 Å². The van der Waals surface area contributed by atoms with Gasteiger partial charge in [0.2, 0.25) is 0 Å². The minimum absolute atomic E-state index is 0.116. The van der Waals surface area contributed by atoms with Crippen molar-refractivity contribution in [3.05, 3.63) is 28.8 Å². The van der Waals surface area contributed by atoms with Crippen molar-refractivity contribution in [3.8, 4) is 11.8 Å². The first-order valence-electron chi connectivity index (χ1n) is 5.03. The second-order valence-corrected chi connectivity index (χ2v) is 3.35. The molecule has 0 saturated heterocycles. The summed E-state index contributed by atoms with van der Waals surface area (Å²) in [5.41, 5.74) is 7.41. The molecule has 0 unspecified atom stereocenters. The van der Waals surface area contributed by atoms with Crippen LogP contribution in [-0.2, 0) is 22.5 Å². The van der Waals surface area contributed by atoms with Gasteiger partial charge in [-0.1, -0.05) is 6.07 Å². The van der Waals surface area contributed by atoms with Gasteiger partial charge in [0.25, 0.3) is 0 Å². The Morgan fingerprint density at radius 2 is 2.18 bits per heavy atom. The van der Waals surface area contributed by atoms with E-state index in [1.54, 1.807) is 12.1 Å². The molecule has 5 nitrogen and oxygen atoms in total. The number of methoxy groups -OCH3 is 2. The number of benzene rings is 1. The number of carbonyl (C=O) groups excluding carboxylic acids is 1. The lowest BCUT2D eigenvalue weighted by molar-refractivity contribution is -0.139. The summed E-state index contributed by atoms with van der Waals surface area (Å²) in [4.78, 5) is 11.2. The van der Waals surface area contributed by atoms with Crippen LogP contribution in [0.15, 0.2) is 12.1 Å². The first-order chi connectivity index (χ1) is 8.17. The van der Waals surface area contributed by atoms with Crippen molar-refractivity contribution in [2.75, 3.05) is 14.2 Å². The smallest absolute Gasteiger partial charge is 0.309 e. The van der Waals surface area contributed by atoms with Crippen LogP contribution >= 0.6 is 0 Å². The number of carbonyl (C=O) groups is 1. The third-order valence-electron chi connectivity index (χ3n) is 2.45. The summed E-state index contributed by atoms with van der Waals surface area (Å²) in [5, 5.41) is 8.93. The average molecular weight is 234 g/mol. The Morgan fingerprint density at radius 3 is 2.65 bits per heavy atom. The molecular formula is C12H14N2O3. The van der Waals surface area contributed by atoms with Gasteiger partial charge in [0.15, 0.2) is 0 Å². The summed E-state index contributed by atoms with van der Waals surface area (Å²) >= 11 is 0. The lowest BCUT2D eigenvalue weighted by Gasteiger charge is -2.13. The molecule has 0 aliphatic heterocycles. The van der Waals surface area contributed by atoms with Crippen molar-refractivity contribution in [1.82, 2.24) is 0 Å². The average Bonchev–Trinajstić information content (AvgIpc) is 2.37. The molecule has 0 saturated carbocycles. The molecule has 0 amide bonds. The van der Waals surface area contributed by atoms with Gasteiger partial charge in [0.05, 0.1) is 26.2 Å². The van der Waals surface area contributed by atoms with Gasteiger partial charge in [0.1, 0.15) is 11.8 Å². The number of esters is 1. The fraction of sp³-hybridized carbons (Fsp3) is 0.333. The molecule has 0 heterocycles. The Labute approximate surface area is 99.7 Å². The van der Waals surface area contributed by atoms with Gasteiger partial charge in [-0.3, -0.25) is 4.79 Å². The zero-order valence-electron chi connectivity index (χ0n) is 9.82. The van der Waals surface area contributed by atoms with Crippen molar-refractivity contribution in [3.63, 3.8) is 0 Å². The summed E-state index contributed by atoms with van der Waals surface area (Å²) in [6.45, 7) is 0.199. The summed E-state index contributed by atoms with van der Waals surface area (Å²) in [6.07, 6.45) is 0.116. The summed E-state index contributed by atoms with van der Waals surface area (Å²) in [5.74, 6) is 0.0721. The fourth-order valence-electron chi connectivity index (χ4n) is 1.61. The highest BCUT2D eigenvalue weighted by Gasteiger charge is 2.15. The van der Waals surface area contributed by atoms with E-state index in [-0.39, 0.29) is 18.9 Å². The summed E-state index contributed by atoms with van der Waals surface area (Å²) in [7, 11) is 2.79. The standard InChI is InChI=1S/C12H14N2O3/c1-16-11(15)5-8-3-4-9(6-13)12(17-2)10(8)7-14/h3-4H,5,7,14H2,1-2H3. The fourth-order valence-corrected chi connectivity index (χ4v) is 1.61. The first kappa shape index (κ1) is 13.0. The maximum absolute atomic E-state index is 11.2. The normalized spacial score (nSPS) is 9.53. The van der Waals surface area contributed by atoms with E-state index in [0.717, 1.165) is 5.56 Å². The van der Waals surface area contributed by atoms with E-state index in [2.05, 4.69) is 4.74 Å². The largest absolute Gasteiger partial charge is 0.495 e. The van der Waals surface area contributed by atoms with Crippen LogP contribution in [0.2, 0.25) is 0 Å². The Balaban J connectivity index is 3.24. The van der Waals surface area contributed by atoms with Crippen LogP contribution in [0.4, 0.5) is 0 Å². The van der Waals surface area contributed by atoms with E-state index in [9.17, 15) is 4.79 Å². The highest BCUT2D eigenvalue weighted by Crippen LogP contribution is 2.27. The number of nitrogens with zero attached hydrogens (tertiary/aromatic N) is 1. The number of nitriles is 1. The number of hydrogen-bond donors (Lipinski definition) is 1. The van der Waals surface area contributed by atoms with Gasteiger partial charge in [-0.15, -0.1) is 0 Å². The second kappa shape index (κ2) is 5.87. The van der Waals surface area contributed by atoms with Crippen molar-refractivity contribution in [2.45, 2.75) is 13.0 Å². The zero-order valence-corrected chi connectivity index (χ0v) is 9.82. The van der Waals surface area contributed by atoms with E-state index in [1.165, 1.54) is 14.2 Å². The molecule has 0 atom stereocenters. The molecular weight excluding hydrogens is 220 g/mol. The van der Waals surface area contributed by atoms with Crippen LogP contribution in [0.25, 0.3) is 0 Å². The molecule has 5 heteroatoms. The van der Waals surface area contributed by atoms with Crippen LogP contribution in [0.3, 0.4) is 0 Å². The summed E-state index contributed by atoms with van der Waals surface area (Å²) in [6, 6.07) is 5.32. The highest BCUT2D eigenvalue weighted by molar-refractivity contribution is 5.73. The van der Waals surface area contributed by atoms with Gasteiger partial charge in [-0.25, -0.2) is 0 Å². The maximum Gasteiger partial charge on any atom is 0.309 e. The third kappa shape index (κ3) is 2.74. The van der Waals surface area contributed by atoms with E-state index < -0.39 is 0 Å². The zero-order chi connectivity index (χ0) is 12.8. The van der Waals surface area contributed by atoms with E-state index in [0.29, 0.717) is 16.9 Å². The molecule has 1 rings (SSSR count). The third-order valence-corrected chi connectivity index (χ3v) is 2.45. The minimum Gasteiger partial charge on any atom is -0.495 e. The highest BCUT2D eigenvalue weighted by atomic mass is 16.5. The molecule has 90 valence electrons. The van der Waals surface area contributed by atoms with E-state index in [1.807, 2.05) is 6.07 Å². The Hall–Kier alpha value is -2.06. The van der Waals surface area contributed by atoms with Crippen molar-refractivity contribution >= 4 is 5.97 Å². The molecule has 1 aromatic carbocycles. The number of ether oxygens (including phenoxy) is 2. The van der Waals surface area contributed by atoms with Gasteiger partial charge < -0.3 is 15.2 Å². The quantitative estimate of drug-likeness (QED) is 0.776. The molecule has 2 N–H and O–H groups in total. The number of hydrogen-bond acceptors (Lipinski definition) is 5.